The number of carbonyl (C=O) groups is 1. The second kappa shape index (κ2) is 9.52. The summed E-state index contributed by atoms with van der Waals surface area (Å²) in [5.74, 6) is 0.449. The average molecular weight is 391 g/mol. The maximum atomic E-state index is 12.6. The summed E-state index contributed by atoms with van der Waals surface area (Å²) in [6.07, 6.45) is 24.0. The highest BCUT2D eigenvalue weighted by Crippen LogP contribution is 2.64. The van der Waals surface area contributed by atoms with Crippen LogP contribution < -0.4 is 0 Å². The molecule has 28 heavy (non-hydrogen) atoms. The van der Waals surface area contributed by atoms with Crippen molar-refractivity contribution in [3.8, 4) is 0 Å². The Morgan fingerprint density at radius 3 is 1.96 bits per heavy atom. The summed E-state index contributed by atoms with van der Waals surface area (Å²) in [7, 11) is 0. The van der Waals surface area contributed by atoms with Crippen LogP contribution in [-0.2, 0) is 4.79 Å². The van der Waals surface area contributed by atoms with Crippen LogP contribution in [-0.4, -0.2) is 11.1 Å². The Hall–Kier alpha value is -0.530. The van der Waals surface area contributed by atoms with Gasteiger partial charge in [0.1, 0.15) is 0 Å². The predicted octanol–water partition coefficient (Wildman–Crippen LogP) is 8.14. The molecule has 0 aromatic heterocycles. The number of hydrogen-bond acceptors (Lipinski definition) is 1. The lowest BCUT2D eigenvalue weighted by Crippen LogP contribution is -2.52. The monoisotopic (exact) mass is 390 g/mol. The van der Waals surface area contributed by atoms with E-state index in [-0.39, 0.29) is 5.41 Å². The normalized spacial score (nSPS) is 34.2. The first-order valence-electron chi connectivity index (χ1n) is 12.8. The maximum absolute atomic E-state index is 12.6. The van der Waals surface area contributed by atoms with Gasteiger partial charge in [-0.2, -0.15) is 0 Å². The van der Waals surface area contributed by atoms with Crippen LogP contribution >= 0.6 is 0 Å². The fraction of sp³-hybridized carbons (Fsp3) is 0.962. The minimum Gasteiger partial charge on any atom is -0.481 e. The smallest absolute Gasteiger partial charge is 0.310 e. The highest BCUT2D eigenvalue weighted by Gasteiger charge is 2.58. The molecule has 162 valence electrons. The van der Waals surface area contributed by atoms with E-state index in [1.54, 1.807) is 0 Å². The van der Waals surface area contributed by atoms with E-state index in [0.29, 0.717) is 5.41 Å². The van der Waals surface area contributed by atoms with Crippen molar-refractivity contribution >= 4 is 5.97 Å². The quantitative estimate of drug-likeness (QED) is 0.425. The van der Waals surface area contributed by atoms with Crippen molar-refractivity contribution in [1.82, 2.24) is 0 Å². The summed E-state index contributed by atoms with van der Waals surface area (Å²) in [6, 6.07) is 0. The third kappa shape index (κ3) is 4.04. The number of rotatable bonds is 8. The summed E-state index contributed by atoms with van der Waals surface area (Å²) in [6.45, 7) is 4.61. The maximum Gasteiger partial charge on any atom is 0.310 e. The molecule has 3 rings (SSSR count). The van der Waals surface area contributed by atoms with Crippen molar-refractivity contribution in [3.05, 3.63) is 0 Å². The standard InChI is InChI=1S/C26H46O2/c1-3-5-10-15-24(22-13-8-6-9-14-22)18-20-25(4-2,21-19-24)26(23(27)28)16-11-7-12-17-26/h22H,3-21H2,1-2H3,(H,27,28). The van der Waals surface area contributed by atoms with E-state index in [9.17, 15) is 9.90 Å². The Balaban J connectivity index is 1.81. The van der Waals surface area contributed by atoms with Crippen molar-refractivity contribution in [2.24, 2.45) is 22.2 Å². The number of hydrogen-bond donors (Lipinski definition) is 1. The third-order valence-electron chi connectivity index (χ3n) is 9.76. The largest absolute Gasteiger partial charge is 0.481 e. The molecule has 0 aromatic carbocycles. The molecule has 0 unspecified atom stereocenters. The molecule has 0 radical (unpaired) electrons. The van der Waals surface area contributed by atoms with Crippen LogP contribution in [0.4, 0.5) is 0 Å². The number of aliphatic carboxylic acids is 1. The predicted molar refractivity (Wildman–Crippen MR) is 117 cm³/mol. The Labute approximate surface area is 174 Å². The van der Waals surface area contributed by atoms with E-state index >= 15 is 0 Å². The first-order chi connectivity index (χ1) is 13.5. The fourth-order valence-electron chi connectivity index (χ4n) is 7.83. The van der Waals surface area contributed by atoms with Gasteiger partial charge in [0.15, 0.2) is 0 Å². The van der Waals surface area contributed by atoms with Crippen LogP contribution in [0.15, 0.2) is 0 Å². The molecule has 3 saturated carbocycles. The van der Waals surface area contributed by atoms with Crippen LogP contribution in [0.5, 0.6) is 0 Å². The minimum atomic E-state index is -0.467. The number of carboxylic acid groups (broad SMARTS) is 1. The molecule has 2 heteroatoms. The Morgan fingerprint density at radius 2 is 1.43 bits per heavy atom. The number of carboxylic acids is 1. The molecule has 0 amide bonds. The second-order valence-corrected chi connectivity index (χ2v) is 10.7. The van der Waals surface area contributed by atoms with Gasteiger partial charge < -0.3 is 5.11 Å². The molecule has 0 heterocycles. The first kappa shape index (κ1) is 22.2. The lowest BCUT2D eigenvalue weighted by Gasteiger charge is -2.57. The van der Waals surface area contributed by atoms with E-state index in [0.717, 1.165) is 38.0 Å². The molecule has 2 nitrogen and oxygen atoms in total. The number of unbranched alkanes of at least 4 members (excludes halogenated alkanes) is 2. The van der Waals surface area contributed by atoms with Gasteiger partial charge in [0.2, 0.25) is 0 Å². The van der Waals surface area contributed by atoms with Crippen LogP contribution in [0, 0.1) is 22.2 Å². The molecule has 0 spiro atoms. The fourth-order valence-corrected chi connectivity index (χ4v) is 7.83. The van der Waals surface area contributed by atoms with Gasteiger partial charge in [-0.05, 0) is 81.0 Å². The highest BCUT2D eigenvalue weighted by molar-refractivity contribution is 5.76. The first-order valence-corrected chi connectivity index (χ1v) is 12.8. The van der Waals surface area contributed by atoms with Gasteiger partial charge in [-0.3, -0.25) is 4.79 Å². The molecule has 1 N–H and O–H groups in total. The molecule has 3 aliphatic rings. The summed E-state index contributed by atoms with van der Waals surface area (Å²) >= 11 is 0. The van der Waals surface area contributed by atoms with E-state index in [2.05, 4.69) is 13.8 Å². The molecule has 3 fully saturated rings. The van der Waals surface area contributed by atoms with Crippen LogP contribution in [0.2, 0.25) is 0 Å². The van der Waals surface area contributed by atoms with Gasteiger partial charge in [0.05, 0.1) is 5.41 Å². The lowest BCUT2D eigenvalue weighted by molar-refractivity contribution is -0.170. The van der Waals surface area contributed by atoms with Gasteiger partial charge in [-0.25, -0.2) is 0 Å². The SMILES string of the molecule is CCCCCC1(C2CCCCC2)CCC(CC)(C2(C(=O)O)CCCCC2)CC1. The molecule has 0 aliphatic heterocycles. The van der Waals surface area contributed by atoms with Gasteiger partial charge in [-0.1, -0.05) is 71.6 Å². The van der Waals surface area contributed by atoms with Gasteiger partial charge in [0, 0.05) is 0 Å². The molecular formula is C26H46O2. The van der Waals surface area contributed by atoms with Crippen molar-refractivity contribution in [1.29, 1.82) is 0 Å². The summed E-state index contributed by atoms with van der Waals surface area (Å²) in [5.41, 5.74) is 0.160. The van der Waals surface area contributed by atoms with Gasteiger partial charge in [0.25, 0.3) is 0 Å². The zero-order valence-electron chi connectivity index (χ0n) is 18.9. The van der Waals surface area contributed by atoms with E-state index in [1.165, 1.54) is 89.9 Å². The van der Waals surface area contributed by atoms with Crippen molar-refractivity contribution < 1.29 is 9.90 Å². The summed E-state index contributed by atoms with van der Waals surface area (Å²) in [4.78, 5) is 12.6. The second-order valence-electron chi connectivity index (χ2n) is 10.7. The van der Waals surface area contributed by atoms with Crippen molar-refractivity contribution in [3.63, 3.8) is 0 Å². The molecule has 3 aliphatic carbocycles. The summed E-state index contributed by atoms with van der Waals surface area (Å²) < 4.78 is 0. The van der Waals surface area contributed by atoms with Crippen molar-refractivity contribution in [2.75, 3.05) is 0 Å². The summed E-state index contributed by atoms with van der Waals surface area (Å²) in [5, 5.41) is 10.4. The Kier molecular flexibility index (Phi) is 7.54. The molecule has 0 bridgehead atoms. The third-order valence-corrected chi connectivity index (χ3v) is 9.76. The zero-order chi connectivity index (χ0) is 20.1. The van der Waals surface area contributed by atoms with Crippen LogP contribution in [0.3, 0.4) is 0 Å². The zero-order valence-corrected chi connectivity index (χ0v) is 18.9. The van der Waals surface area contributed by atoms with Crippen LogP contribution in [0.25, 0.3) is 0 Å². The van der Waals surface area contributed by atoms with Gasteiger partial charge >= 0.3 is 5.97 Å². The van der Waals surface area contributed by atoms with E-state index in [1.807, 2.05) is 0 Å². The topological polar surface area (TPSA) is 37.3 Å². The minimum absolute atomic E-state index is 0.0577. The molecular weight excluding hydrogens is 344 g/mol. The highest BCUT2D eigenvalue weighted by atomic mass is 16.4. The van der Waals surface area contributed by atoms with E-state index < -0.39 is 11.4 Å². The van der Waals surface area contributed by atoms with E-state index in [4.69, 9.17) is 0 Å². The molecule has 0 saturated heterocycles. The Bertz CT molecular complexity index is 489. The Morgan fingerprint density at radius 1 is 0.821 bits per heavy atom. The average Bonchev–Trinajstić information content (AvgIpc) is 2.75. The lowest BCUT2D eigenvalue weighted by atomic mass is 9.46. The molecule has 0 atom stereocenters. The van der Waals surface area contributed by atoms with Crippen molar-refractivity contribution in [2.45, 2.75) is 136 Å². The molecule has 0 aromatic rings. The van der Waals surface area contributed by atoms with Crippen LogP contribution in [0.1, 0.15) is 136 Å². The van der Waals surface area contributed by atoms with Gasteiger partial charge in [-0.15, -0.1) is 0 Å².